The standard InChI is InChI=1S/C8H10O3/c1-3-5-6-7(9)8(10)11-4-2/h3-4,6-7,9H,2H2,1H3. The van der Waals surface area contributed by atoms with Crippen molar-refractivity contribution in [2.45, 2.75) is 13.0 Å². The molecule has 0 aliphatic heterocycles. The number of esters is 1. The Morgan fingerprint density at radius 1 is 1.82 bits per heavy atom. The monoisotopic (exact) mass is 154 g/mol. The van der Waals surface area contributed by atoms with E-state index in [4.69, 9.17) is 5.11 Å². The Balaban J connectivity index is 4.02. The zero-order valence-electron chi connectivity index (χ0n) is 6.28. The first kappa shape index (κ1) is 9.69. The predicted octanol–water partition coefficient (Wildman–Crippen LogP) is 0.765. The lowest BCUT2D eigenvalue weighted by molar-refractivity contribution is -0.144. The summed E-state index contributed by atoms with van der Waals surface area (Å²) in [5, 5.41) is 8.92. The Bertz CT molecular complexity index is 199. The largest absolute Gasteiger partial charge is 0.433 e. The molecule has 0 heterocycles. The number of hydrogen-bond acceptors (Lipinski definition) is 3. The van der Waals surface area contributed by atoms with Crippen LogP contribution in [0.15, 0.2) is 30.7 Å². The van der Waals surface area contributed by atoms with Gasteiger partial charge in [-0.2, -0.15) is 0 Å². The van der Waals surface area contributed by atoms with E-state index in [1.54, 1.807) is 13.0 Å². The molecule has 0 saturated carbocycles. The Morgan fingerprint density at radius 3 is 2.91 bits per heavy atom. The summed E-state index contributed by atoms with van der Waals surface area (Å²) in [6, 6.07) is 0. The molecule has 1 atom stereocenters. The van der Waals surface area contributed by atoms with Crippen molar-refractivity contribution in [2.75, 3.05) is 0 Å². The minimum Gasteiger partial charge on any atom is -0.433 e. The van der Waals surface area contributed by atoms with Crippen molar-refractivity contribution >= 4 is 5.97 Å². The molecule has 0 radical (unpaired) electrons. The van der Waals surface area contributed by atoms with Gasteiger partial charge in [-0.15, -0.1) is 5.73 Å². The first-order valence-electron chi connectivity index (χ1n) is 3.09. The van der Waals surface area contributed by atoms with Gasteiger partial charge >= 0.3 is 5.97 Å². The van der Waals surface area contributed by atoms with E-state index in [1.165, 1.54) is 6.08 Å². The van der Waals surface area contributed by atoms with Crippen LogP contribution in [0.4, 0.5) is 0 Å². The van der Waals surface area contributed by atoms with Crippen LogP contribution in [0.25, 0.3) is 0 Å². The van der Waals surface area contributed by atoms with Gasteiger partial charge in [0, 0.05) is 0 Å². The third kappa shape index (κ3) is 4.14. The van der Waals surface area contributed by atoms with Crippen molar-refractivity contribution in [1.82, 2.24) is 0 Å². The molecule has 3 heteroatoms. The Kier molecular flexibility index (Phi) is 4.82. The summed E-state index contributed by atoms with van der Waals surface area (Å²) >= 11 is 0. The number of aliphatic hydroxyl groups excluding tert-OH is 1. The number of ether oxygens (including phenoxy) is 1. The Hall–Kier alpha value is -1.31. The van der Waals surface area contributed by atoms with Crippen molar-refractivity contribution in [3.05, 3.63) is 30.7 Å². The molecule has 1 N–H and O–H groups in total. The highest BCUT2D eigenvalue weighted by Crippen LogP contribution is 1.89. The molecule has 60 valence electrons. The van der Waals surface area contributed by atoms with E-state index in [1.807, 2.05) is 0 Å². The fourth-order valence-corrected chi connectivity index (χ4v) is 0.407. The fraction of sp³-hybridized carbons (Fsp3) is 0.250. The molecular weight excluding hydrogens is 144 g/mol. The summed E-state index contributed by atoms with van der Waals surface area (Å²) in [4.78, 5) is 10.6. The smallest absolute Gasteiger partial charge is 0.344 e. The molecule has 0 spiro atoms. The van der Waals surface area contributed by atoms with Crippen LogP contribution in [0.3, 0.4) is 0 Å². The van der Waals surface area contributed by atoms with E-state index in [-0.39, 0.29) is 0 Å². The maximum Gasteiger partial charge on any atom is 0.344 e. The van der Waals surface area contributed by atoms with Crippen molar-refractivity contribution in [3.8, 4) is 0 Å². The first-order valence-corrected chi connectivity index (χ1v) is 3.09. The van der Waals surface area contributed by atoms with Crippen LogP contribution >= 0.6 is 0 Å². The molecule has 0 aromatic rings. The van der Waals surface area contributed by atoms with Crippen LogP contribution < -0.4 is 0 Å². The minimum atomic E-state index is -1.26. The lowest BCUT2D eigenvalue weighted by Crippen LogP contribution is -2.17. The van der Waals surface area contributed by atoms with Gasteiger partial charge in [0.1, 0.15) is 0 Å². The maximum absolute atomic E-state index is 10.6. The minimum absolute atomic E-state index is 0.755. The van der Waals surface area contributed by atoms with Crippen molar-refractivity contribution in [2.24, 2.45) is 0 Å². The highest BCUT2D eigenvalue weighted by Gasteiger charge is 2.10. The van der Waals surface area contributed by atoms with E-state index >= 15 is 0 Å². The number of hydrogen-bond donors (Lipinski definition) is 1. The SMILES string of the molecule is C=COC(=O)C(O)C=C=CC. The maximum atomic E-state index is 10.6. The van der Waals surface area contributed by atoms with Gasteiger partial charge in [0.15, 0.2) is 6.10 Å². The van der Waals surface area contributed by atoms with Crippen LogP contribution in [0.5, 0.6) is 0 Å². The molecule has 0 bridgehead atoms. The number of aliphatic hydroxyl groups is 1. The van der Waals surface area contributed by atoms with Gasteiger partial charge in [-0.05, 0) is 19.1 Å². The quantitative estimate of drug-likeness (QED) is 0.371. The predicted molar refractivity (Wildman–Crippen MR) is 40.6 cm³/mol. The molecule has 0 saturated heterocycles. The summed E-state index contributed by atoms with van der Waals surface area (Å²) in [6.45, 7) is 4.89. The number of rotatable bonds is 3. The summed E-state index contributed by atoms with van der Waals surface area (Å²) < 4.78 is 4.29. The molecule has 0 rings (SSSR count). The number of carbonyl (C=O) groups is 1. The zero-order chi connectivity index (χ0) is 8.69. The van der Waals surface area contributed by atoms with E-state index in [0.29, 0.717) is 0 Å². The average Bonchev–Trinajstić information content (AvgIpc) is 2.00. The van der Waals surface area contributed by atoms with Gasteiger partial charge in [0.05, 0.1) is 6.26 Å². The first-order chi connectivity index (χ1) is 5.22. The Labute approximate surface area is 65.3 Å². The highest BCUT2D eigenvalue weighted by atomic mass is 16.5. The van der Waals surface area contributed by atoms with Gasteiger partial charge in [-0.25, -0.2) is 4.79 Å². The zero-order valence-corrected chi connectivity index (χ0v) is 6.28. The van der Waals surface area contributed by atoms with Crippen LogP contribution in [0, 0.1) is 0 Å². The summed E-state index contributed by atoms with van der Waals surface area (Å²) in [5.41, 5.74) is 2.55. The molecule has 1 unspecified atom stereocenters. The van der Waals surface area contributed by atoms with Gasteiger partial charge in [0.25, 0.3) is 0 Å². The fourth-order valence-electron chi connectivity index (χ4n) is 0.407. The van der Waals surface area contributed by atoms with Crippen LogP contribution in [-0.4, -0.2) is 17.2 Å². The Morgan fingerprint density at radius 2 is 2.45 bits per heavy atom. The third-order valence-corrected chi connectivity index (χ3v) is 0.862. The average molecular weight is 154 g/mol. The van der Waals surface area contributed by atoms with Crippen LogP contribution in [0.2, 0.25) is 0 Å². The van der Waals surface area contributed by atoms with E-state index in [2.05, 4.69) is 17.0 Å². The molecule has 0 aromatic carbocycles. The van der Waals surface area contributed by atoms with Gasteiger partial charge in [0.2, 0.25) is 0 Å². The highest BCUT2D eigenvalue weighted by molar-refractivity contribution is 5.76. The van der Waals surface area contributed by atoms with E-state index < -0.39 is 12.1 Å². The molecular formula is C8H10O3. The second-order valence-corrected chi connectivity index (χ2v) is 1.67. The second kappa shape index (κ2) is 5.47. The number of carbonyl (C=O) groups excluding carboxylic acids is 1. The van der Waals surface area contributed by atoms with Crippen LogP contribution in [-0.2, 0) is 9.53 Å². The van der Waals surface area contributed by atoms with Crippen molar-refractivity contribution < 1.29 is 14.6 Å². The molecule has 0 amide bonds. The lowest BCUT2D eigenvalue weighted by atomic mass is 10.3. The molecule has 0 aromatic heterocycles. The molecule has 11 heavy (non-hydrogen) atoms. The molecule has 3 nitrogen and oxygen atoms in total. The van der Waals surface area contributed by atoms with Gasteiger partial charge < -0.3 is 9.84 Å². The van der Waals surface area contributed by atoms with Crippen molar-refractivity contribution in [3.63, 3.8) is 0 Å². The second-order valence-electron chi connectivity index (χ2n) is 1.67. The van der Waals surface area contributed by atoms with Crippen LogP contribution in [0.1, 0.15) is 6.92 Å². The van der Waals surface area contributed by atoms with E-state index in [9.17, 15) is 4.79 Å². The normalized spacial score (nSPS) is 10.7. The summed E-state index contributed by atoms with van der Waals surface area (Å²) in [7, 11) is 0. The van der Waals surface area contributed by atoms with Gasteiger partial charge in [-0.3, -0.25) is 0 Å². The lowest BCUT2D eigenvalue weighted by Gasteiger charge is -1.99. The van der Waals surface area contributed by atoms with E-state index in [0.717, 1.165) is 6.26 Å². The molecule has 0 aliphatic carbocycles. The third-order valence-electron chi connectivity index (χ3n) is 0.862. The summed E-state index contributed by atoms with van der Waals surface area (Å²) in [6.07, 6.45) is 2.48. The summed E-state index contributed by atoms with van der Waals surface area (Å²) in [5.74, 6) is -0.755. The molecule has 0 aliphatic rings. The molecule has 0 fully saturated rings. The van der Waals surface area contributed by atoms with Gasteiger partial charge in [-0.1, -0.05) is 6.58 Å². The topological polar surface area (TPSA) is 46.5 Å². The van der Waals surface area contributed by atoms with Crippen molar-refractivity contribution in [1.29, 1.82) is 0 Å².